The summed E-state index contributed by atoms with van der Waals surface area (Å²) in [6.07, 6.45) is 9.01. The van der Waals surface area contributed by atoms with Gasteiger partial charge in [0.15, 0.2) is 11.2 Å². The van der Waals surface area contributed by atoms with E-state index >= 15 is 9.59 Å². The molecule has 63 heavy (non-hydrogen) atoms. The molecule has 0 bridgehead atoms. The van der Waals surface area contributed by atoms with Crippen LogP contribution in [0.5, 0.6) is 5.75 Å². The second kappa shape index (κ2) is 18.0. The van der Waals surface area contributed by atoms with Gasteiger partial charge in [-0.2, -0.15) is 0 Å². The van der Waals surface area contributed by atoms with Gasteiger partial charge in [0.2, 0.25) is 5.43 Å². The maximum atomic E-state index is 15.2. The van der Waals surface area contributed by atoms with E-state index in [0.717, 1.165) is 25.7 Å². The van der Waals surface area contributed by atoms with Gasteiger partial charge >= 0.3 is 11.9 Å². The first-order valence-electron chi connectivity index (χ1n) is 22.5. The number of anilines is 2. The Morgan fingerprint density at radius 2 is 1.38 bits per heavy atom. The molecule has 0 aromatic heterocycles. The van der Waals surface area contributed by atoms with Crippen LogP contribution >= 0.6 is 0 Å². The molecule has 1 unspecified atom stereocenters. The molecule has 5 aromatic carbocycles. The van der Waals surface area contributed by atoms with Crippen molar-refractivity contribution in [2.24, 2.45) is 23.7 Å². The summed E-state index contributed by atoms with van der Waals surface area (Å²) in [5.74, 6) is -1.29. The number of ketones is 1. The highest BCUT2D eigenvalue weighted by Crippen LogP contribution is 2.53. The largest absolute Gasteiger partial charge is 0.492 e. The van der Waals surface area contributed by atoms with Crippen LogP contribution in [0.4, 0.5) is 11.4 Å². The summed E-state index contributed by atoms with van der Waals surface area (Å²) in [6, 6.07) is 3.40. The van der Waals surface area contributed by atoms with E-state index in [1.54, 1.807) is 26.1 Å². The normalized spacial score (nSPS) is 21.3. The predicted octanol–water partition coefficient (Wildman–Crippen LogP) is 6.80. The Labute approximate surface area is 366 Å². The van der Waals surface area contributed by atoms with Crippen LogP contribution < -0.4 is 32.0 Å². The zero-order valence-corrected chi connectivity index (χ0v) is 37.0. The van der Waals surface area contributed by atoms with E-state index < -0.39 is 24.6 Å². The molecule has 334 valence electrons. The Bertz CT molecular complexity index is 2770. The van der Waals surface area contributed by atoms with E-state index in [0.29, 0.717) is 134 Å². The highest BCUT2D eigenvalue weighted by Gasteiger charge is 2.37. The van der Waals surface area contributed by atoms with Crippen LogP contribution in [-0.2, 0) is 43.5 Å². The van der Waals surface area contributed by atoms with E-state index in [1.165, 1.54) is 14.0 Å². The van der Waals surface area contributed by atoms with E-state index in [2.05, 4.69) is 10.6 Å². The summed E-state index contributed by atoms with van der Waals surface area (Å²) in [5, 5.41) is 32.6. The lowest BCUT2D eigenvalue weighted by molar-refractivity contribution is -0.151. The van der Waals surface area contributed by atoms with Crippen molar-refractivity contribution >= 4 is 78.3 Å². The quantitative estimate of drug-likeness (QED) is 0.0242. The number of esters is 2. The first-order chi connectivity index (χ1) is 30.4. The van der Waals surface area contributed by atoms with Crippen LogP contribution in [0.2, 0.25) is 0 Å². The van der Waals surface area contributed by atoms with Crippen molar-refractivity contribution in [1.82, 2.24) is 5.32 Å². The Kier molecular flexibility index (Phi) is 12.7. The molecule has 0 radical (unpaired) electrons. The zero-order valence-electron chi connectivity index (χ0n) is 37.0. The van der Waals surface area contributed by atoms with Crippen molar-refractivity contribution < 1.29 is 38.8 Å². The zero-order chi connectivity index (χ0) is 44.9. The van der Waals surface area contributed by atoms with Crippen LogP contribution in [0.25, 0.3) is 49.2 Å². The molecule has 13 heteroatoms. The average Bonchev–Trinajstić information content (AvgIpc) is 3.41. The van der Waals surface area contributed by atoms with Gasteiger partial charge in [-0.25, -0.2) is 0 Å². The number of aliphatic hydroxyl groups excluding tert-OH is 2. The molecular formula is C50H59N3O10. The lowest BCUT2D eigenvalue weighted by atomic mass is 9.77. The van der Waals surface area contributed by atoms with E-state index in [1.807, 2.05) is 13.0 Å². The van der Waals surface area contributed by atoms with Crippen LogP contribution in [0.3, 0.4) is 0 Å². The second-order valence-electron chi connectivity index (χ2n) is 18.0. The topological polar surface area (TPSA) is 204 Å². The highest BCUT2D eigenvalue weighted by molar-refractivity contribution is 6.39. The summed E-state index contributed by atoms with van der Waals surface area (Å²) < 4.78 is 16.7. The fourth-order valence-electron chi connectivity index (χ4n) is 11.4. The molecule has 6 N–H and O–H groups in total. The maximum absolute atomic E-state index is 15.2. The van der Waals surface area contributed by atoms with Gasteiger partial charge in [-0.1, -0.05) is 11.6 Å². The van der Waals surface area contributed by atoms with Gasteiger partial charge < -0.3 is 35.5 Å². The summed E-state index contributed by atoms with van der Waals surface area (Å²) in [6.45, 7) is 5.30. The molecule has 0 amide bonds. The minimum Gasteiger partial charge on any atom is -0.492 e. The van der Waals surface area contributed by atoms with Gasteiger partial charge in [-0.15, -0.1) is 0 Å². The predicted molar refractivity (Wildman–Crippen MR) is 246 cm³/mol. The Morgan fingerprint density at radius 3 is 1.97 bits per heavy atom. The number of rotatable bonds is 15. The number of nitrogen functional groups attached to an aromatic ring is 1. The number of fused-ring (bicyclic) bond motifs is 1. The fourth-order valence-corrected chi connectivity index (χ4v) is 11.4. The molecule has 5 aromatic rings. The number of hydrogen-bond donors (Lipinski definition) is 5. The average molecular weight is 862 g/mol. The minimum absolute atomic E-state index is 0.0274. The van der Waals surface area contributed by atoms with Gasteiger partial charge in [0, 0.05) is 39.8 Å². The lowest BCUT2D eigenvalue weighted by Crippen LogP contribution is -2.27. The van der Waals surface area contributed by atoms with E-state index in [-0.39, 0.29) is 65.0 Å². The minimum atomic E-state index is -0.896. The first kappa shape index (κ1) is 44.2. The van der Waals surface area contributed by atoms with Gasteiger partial charge in [0.1, 0.15) is 12.5 Å². The molecule has 2 saturated carbocycles. The number of nitrogens with one attached hydrogen (secondary N) is 2. The lowest BCUT2D eigenvalue weighted by Gasteiger charge is -2.29. The number of Topliss-reactive ketones (excluding diaryl/α,β-unsaturated/α-hetero) is 1. The highest BCUT2D eigenvalue weighted by atomic mass is 16.5. The van der Waals surface area contributed by atoms with Crippen LogP contribution in [0.1, 0.15) is 112 Å². The smallest absolute Gasteiger partial charge is 0.310 e. The third-order valence-electron chi connectivity index (χ3n) is 14.3. The maximum Gasteiger partial charge on any atom is 0.310 e. The van der Waals surface area contributed by atoms with Gasteiger partial charge in [-0.3, -0.25) is 29.3 Å². The molecular weight excluding hydrogens is 803 g/mol. The molecule has 0 aliphatic heterocycles. The number of methoxy groups -OCH3 is 1. The Morgan fingerprint density at radius 1 is 0.778 bits per heavy atom. The summed E-state index contributed by atoms with van der Waals surface area (Å²) >= 11 is 0. The van der Waals surface area contributed by atoms with Crippen molar-refractivity contribution in [3.05, 3.63) is 66.0 Å². The van der Waals surface area contributed by atoms with E-state index in [9.17, 15) is 24.6 Å². The van der Waals surface area contributed by atoms with E-state index in [4.69, 9.17) is 19.9 Å². The first-order valence-corrected chi connectivity index (χ1v) is 22.5. The summed E-state index contributed by atoms with van der Waals surface area (Å²) in [7, 11) is 3.16. The van der Waals surface area contributed by atoms with Gasteiger partial charge in [-0.05, 0) is 154 Å². The second-order valence-corrected chi connectivity index (χ2v) is 18.0. The van der Waals surface area contributed by atoms with Crippen molar-refractivity contribution in [2.75, 3.05) is 45.1 Å². The molecule has 1 atom stereocenters. The van der Waals surface area contributed by atoms with Crippen molar-refractivity contribution in [1.29, 1.82) is 0 Å². The van der Waals surface area contributed by atoms with Crippen LogP contribution in [-0.4, -0.2) is 62.0 Å². The van der Waals surface area contributed by atoms with Crippen molar-refractivity contribution in [3.63, 3.8) is 0 Å². The molecule has 0 heterocycles. The number of carbonyl (C=O) groups excluding carboxylic acids is 3. The molecule has 13 nitrogen and oxygen atoms in total. The molecule has 3 aliphatic carbocycles. The third-order valence-corrected chi connectivity index (χ3v) is 14.3. The van der Waals surface area contributed by atoms with Crippen molar-refractivity contribution in [2.45, 2.75) is 104 Å². The standard InChI is InChI=1S/C50H59N3O10/c1-6-62-49(59)28-14-9-27(10-15-28)20-53-35-19-31(22-55)38-37-30(21-54)18-34(51)40-42(37)39-33(32(46(40)57)16-11-26-7-12-29(13-8-26)50(60)63-23-52-4)17-24(2)36(25(3)56)45-44(39)43(38)41(35)47(58)48(45)61-5/h17-19,26-29,36,52-55H,6-16,20-23,51H2,1-5H3. The number of benzene rings is 5. The monoisotopic (exact) mass is 861 g/mol. The number of allylic oxidation sites excluding steroid dienone is 1. The number of ether oxygens (including phenoxy) is 3. The molecule has 8 rings (SSSR count). The molecule has 0 saturated heterocycles. The third kappa shape index (κ3) is 7.55. The number of nitrogens with two attached hydrogens (primary N) is 1. The summed E-state index contributed by atoms with van der Waals surface area (Å²) in [4.78, 5) is 69.4. The fraction of sp³-hybridized carbons (Fsp3) is 0.500. The Hall–Kier alpha value is -5.37. The van der Waals surface area contributed by atoms with Gasteiger partial charge in [0.05, 0.1) is 55.5 Å². The van der Waals surface area contributed by atoms with Crippen LogP contribution in [0.15, 0.2) is 27.3 Å². The molecule has 3 aliphatic rings. The number of aliphatic hydroxyl groups is 2. The number of hydrogen-bond acceptors (Lipinski definition) is 13. The summed E-state index contributed by atoms with van der Waals surface area (Å²) in [5.41, 5.74) is 10.0. The Balaban J connectivity index is 1.36. The molecule has 0 spiro atoms. The van der Waals surface area contributed by atoms with Crippen molar-refractivity contribution in [3.8, 4) is 5.75 Å². The van der Waals surface area contributed by atoms with Crippen LogP contribution in [0, 0.1) is 23.7 Å². The molecule has 2 fully saturated rings. The number of carbonyl (C=O) groups is 3. The SMILES string of the molecule is CCOC(=O)C1CCC(CNc2cc(CO)c3c4c(CO)cc(N)c5c(=O)c(CCC6CCC(C(=O)OCNC)CC6)c6c(c7c(c(OC)c(=O)c2c37)C(C(C)=O)C(C)=C6)c54)CC1. The van der Waals surface area contributed by atoms with Gasteiger partial charge in [0.25, 0.3) is 0 Å².